The molecule has 0 radical (unpaired) electrons. The van der Waals surface area contributed by atoms with E-state index in [1.165, 1.54) is 11.3 Å². The topological polar surface area (TPSA) is 35.5 Å². The molecule has 0 amide bonds. The van der Waals surface area contributed by atoms with Gasteiger partial charge < -0.3 is 15.3 Å². The number of hydrogen-bond acceptors (Lipinski definition) is 3. The van der Waals surface area contributed by atoms with E-state index < -0.39 is 0 Å². The maximum atomic E-state index is 8.74. The molecule has 102 valence electrons. The van der Waals surface area contributed by atoms with Gasteiger partial charge in [0.2, 0.25) is 0 Å². The quantitative estimate of drug-likeness (QED) is 0.724. The van der Waals surface area contributed by atoms with E-state index in [4.69, 9.17) is 5.11 Å². The molecule has 3 nitrogen and oxygen atoms in total. The smallest absolute Gasteiger partial charge is 0.0431 e. The first-order valence-corrected chi connectivity index (χ1v) is 7.23. The third-order valence-electron chi connectivity index (χ3n) is 3.00. The number of unbranched alkanes of at least 4 members (excludes halogenated alkanes) is 2. The third-order valence-corrected chi connectivity index (χ3v) is 3.73. The van der Waals surface area contributed by atoms with Crippen molar-refractivity contribution in [2.24, 2.45) is 0 Å². The van der Waals surface area contributed by atoms with Crippen LogP contribution in [-0.4, -0.2) is 32.4 Å². The molecule has 0 unspecified atom stereocenters. The Morgan fingerprint density at radius 2 is 2.06 bits per heavy atom. The molecule has 1 aromatic carbocycles. The van der Waals surface area contributed by atoms with E-state index in [9.17, 15) is 0 Å². The maximum Gasteiger partial charge on any atom is 0.0431 e. The standard InChI is InChI=1S/C14H23BrN2O/c1-16-11-12-6-7-13(10-14(12)15)17(2)8-4-3-5-9-18/h6-7,10,16,18H,3-5,8-9,11H2,1-2H3. The lowest BCUT2D eigenvalue weighted by Crippen LogP contribution is -2.18. The SMILES string of the molecule is CNCc1ccc(N(C)CCCCCO)cc1Br. The van der Waals surface area contributed by atoms with Crippen LogP contribution in [0, 0.1) is 0 Å². The molecule has 4 heteroatoms. The Labute approximate surface area is 118 Å². The minimum Gasteiger partial charge on any atom is -0.396 e. The first-order chi connectivity index (χ1) is 8.69. The summed E-state index contributed by atoms with van der Waals surface area (Å²) in [4.78, 5) is 2.26. The molecular weight excluding hydrogens is 292 g/mol. The van der Waals surface area contributed by atoms with Gasteiger partial charge in [0.25, 0.3) is 0 Å². The molecule has 0 bridgehead atoms. The van der Waals surface area contributed by atoms with Crippen LogP contribution in [0.3, 0.4) is 0 Å². The van der Waals surface area contributed by atoms with Crippen molar-refractivity contribution in [2.45, 2.75) is 25.8 Å². The third kappa shape index (κ3) is 4.96. The van der Waals surface area contributed by atoms with Gasteiger partial charge >= 0.3 is 0 Å². The molecule has 0 aliphatic carbocycles. The van der Waals surface area contributed by atoms with Crippen molar-refractivity contribution in [3.8, 4) is 0 Å². The lowest BCUT2D eigenvalue weighted by atomic mass is 10.2. The Hall–Kier alpha value is -0.580. The van der Waals surface area contributed by atoms with E-state index in [2.05, 4.69) is 51.4 Å². The van der Waals surface area contributed by atoms with Crippen LogP contribution in [0.15, 0.2) is 22.7 Å². The predicted octanol–water partition coefficient (Wildman–Crippen LogP) is 2.77. The zero-order valence-electron chi connectivity index (χ0n) is 11.2. The first-order valence-electron chi connectivity index (χ1n) is 6.44. The minimum atomic E-state index is 0.300. The van der Waals surface area contributed by atoms with Crippen molar-refractivity contribution in [3.05, 3.63) is 28.2 Å². The number of halogens is 1. The molecule has 1 rings (SSSR count). The lowest BCUT2D eigenvalue weighted by Gasteiger charge is -2.20. The number of aliphatic hydroxyl groups is 1. The molecule has 1 aromatic rings. The van der Waals surface area contributed by atoms with Crippen LogP contribution >= 0.6 is 15.9 Å². The molecule has 0 spiro atoms. The lowest BCUT2D eigenvalue weighted by molar-refractivity contribution is 0.283. The Balaban J connectivity index is 2.52. The van der Waals surface area contributed by atoms with Crippen LogP contribution in [0.2, 0.25) is 0 Å². The van der Waals surface area contributed by atoms with Gasteiger partial charge in [0, 0.05) is 36.9 Å². The summed E-state index contributed by atoms with van der Waals surface area (Å²) >= 11 is 3.61. The summed E-state index contributed by atoms with van der Waals surface area (Å²) in [5.74, 6) is 0. The largest absolute Gasteiger partial charge is 0.396 e. The van der Waals surface area contributed by atoms with Gasteiger partial charge in [-0.25, -0.2) is 0 Å². The Morgan fingerprint density at radius 1 is 1.28 bits per heavy atom. The van der Waals surface area contributed by atoms with E-state index in [-0.39, 0.29) is 0 Å². The van der Waals surface area contributed by atoms with E-state index in [1.807, 2.05) is 7.05 Å². The molecule has 0 saturated carbocycles. The van der Waals surface area contributed by atoms with Gasteiger partial charge in [0.1, 0.15) is 0 Å². The molecule has 0 fully saturated rings. The van der Waals surface area contributed by atoms with Crippen LogP contribution in [-0.2, 0) is 6.54 Å². The summed E-state index contributed by atoms with van der Waals surface area (Å²) in [6, 6.07) is 6.47. The molecule has 2 N–H and O–H groups in total. The summed E-state index contributed by atoms with van der Waals surface area (Å²) in [7, 11) is 4.06. The van der Waals surface area contributed by atoms with Gasteiger partial charge in [-0.3, -0.25) is 0 Å². The molecule has 0 aliphatic heterocycles. The van der Waals surface area contributed by atoms with E-state index in [0.29, 0.717) is 6.61 Å². The van der Waals surface area contributed by atoms with E-state index in [1.54, 1.807) is 0 Å². The Kier molecular flexibility index (Phi) is 7.32. The Morgan fingerprint density at radius 3 is 2.67 bits per heavy atom. The second-order valence-electron chi connectivity index (χ2n) is 4.51. The second-order valence-corrected chi connectivity index (χ2v) is 5.37. The number of anilines is 1. The first kappa shape index (κ1) is 15.5. The molecule has 0 heterocycles. The highest BCUT2D eigenvalue weighted by atomic mass is 79.9. The summed E-state index contributed by atoms with van der Waals surface area (Å²) in [6.45, 7) is 2.20. The van der Waals surface area contributed by atoms with E-state index in [0.717, 1.165) is 36.8 Å². The molecular formula is C14H23BrN2O. The summed E-state index contributed by atoms with van der Waals surface area (Å²) in [5, 5.41) is 11.9. The molecule has 0 atom stereocenters. The van der Waals surface area contributed by atoms with Crippen LogP contribution in [0.5, 0.6) is 0 Å². The number of hydrogen-bond donors (Lipinski definition) is 2. The number of nitrogens with zero attached hydrogens (tertiary/aromatic N) is 1. The Bertz CT molecular complexity index is 358. The molecule has 18 heavy (non-hydrogen) atoms. The second kappa shape index (κ2) is 8.51. The fourth-order valence-electron chi connectivity index (χ4n) is 1.87. The van der Waals surface area contributed by atoms with Crippen molar-refractivity contribution in [3.63, 3.8) is 0 Å². The highest BCUT2D eigenvalue weighted by Crippen LogP contribution is 2.23. The monoisotopic (exact) mass is 314 g/mol. The fourth-order valence-corrected chi connectivity index (χ4v) is 2.38. The van der Waals surface area contributed by atoms with Crippen molar-refractivity contribution in [2.75, 3.05) is 32.1 Å². The van der Waals surface area contributed by atoms with Crippen LogP contribution < -0.4 is 10.2 Å². The van der Waals surface area contributed by atoms with Crippen LogP contribution in [0.4, 0.5) is 5.69 Å². The average Bonchev–Trinajstić information content (AvgIpc) is 2.37. The zero-order chi connectivity index (χ0) is 13.4. The van der Waals surface area contributed by atoms with Gasteiger partial charge in [0.05, 0.1) is 0 Å². The van der Waals surface area contributed by atoms with Gasteiger partial charge in [-0.2, -0.15) is 0 Å². The summed E-state index contributed by atoms with van der Waals surface area (Å²) < 4.78 is 1.15. The number of nitrogens with one attached hydrogen (secondary N) is 1. The molecule has 0 aromatic heterocycles. The van der Waals surface area contributed by atoms with Crippen molar-refractivity contribution in [1.29, 1.82) is 0 Å². The van der Waals surface area contributed by atoms with Gasteiger partial charge in [-0.1, -0.05) is 22.0 Å². The van der Waals surface area contributed by atoms with Gasteiger partial charge in [0.15, 0.2) is 0 Å². The highest BCUT2D eigenvalue weighted by molar-refractivity contribution is 9.10. The van der Waals surface area contributed by atoms with Gasteiger partial charge in [-0.05, 0) is 44.0 Å². The minimum absolute atomic E-state index is 0.300. The summed E-state index contributed by atoms with van der Waals surface area (Å²) in [6.07, 6.45) is 3.10. The number of benzene rings is 1. The number of aliphatic hydroxyl groups excluding tert-OH is 1. The van der Waals surface area contributed by atoms with Crippen LogP contribution in [0.1, 0.15) is 24.8 Å². The summed E-state index contributed by atoms with van der Waals surface area (Å²) in [5.41, 5.74) is 2.50. The zero-order valence-corrected chi connectivity index (χ0v) is 12.8. The average molecular weight is 315 g/mol. The number of rotatable bonds is 8. The predicted molar refractivity (Wildman–Crippen MR) is 81.1 cm³/mol. The molecule has 0 saturated heterocycles. The maximum absolute atomic E-state index is 8.74. The van der Waals surface area contributed by atoms with Crippen molar-refractivity contribution >= 4 is 21.6 Å². The van der Waals surface area contributed by atoms with Crippen molar-refractivity contribution in [1.82, 2.24) is 5.32 Å². The van der Waals surface area contributed by atoms with Crippen molar-refractivity contribution < 1.29 is 5.11 Å². The highest BCUT2D eigenvalue weighted by Gasteiger charge is 2.04. The van der Waals surface area contributed by atoms with E-state index >= 15 is 0 Å². The van der Waals surface area contributed by atoms with Gasteiger partial charge in [-0.15, -0.1) is 0 Å². The molecule has 0 aliphatic rings. The van der Waals surface area contributed by atoms with Crippen LogP contribution in [0.25, 0.3) is 0 Å². The fraction of sp³-hybridized carbons (Fsp3) is 0.571. The normalized spacial score (nSPS) is 10.7.